The van der Waals surface area contributed by atoms with Gasteiger partial charge < -0.3 is 24.4 Å². The number of amides is 1. The van der Waals surface area contributed by atoms with Crippen molar-refractivity contribution >= 4 is 39.9 Å². The molecule has 1 fully saturated rings. The summed E-state index contributed by atoms with van der Waals surface area (Å²) < 4.78 is 16.1. The minimum Gasteiger partial charge on any atom is -0.507 e. The number of carbonyl (C=O) groups excluding carboxylic acids is 3. The fourth-order valence-electron chi connectivity index (χ4n) is 4.44. The Balaban J connectivity index is 1.93. The van der Waals surface area contributed by atoms with Gasteiger partial charge in [-0.05, 0) is 68.7 Å². The number of aliphatic hydroxyl groups is 1. The van der Waals surface area contributed by atoms with Crippen LogP contribution in [-0.4, -0.2) is 53.2 Å². The van der Waals surface area contributed by atoms with Crippen molar-refractivity contribution < 1.29 is 38.8 Å². The SMILES string of the molecule is CCCOc1ccc(C(O)=C2C(=O)C(=O)N(c3nc(C)c(C(=O)OC)s3)C2c2ccc(O)c(OCC)c2)c(C)c1. The van der Waals surface area contributed by atoms with E-state index in [1.54, 1.807) is 39.0 Å². The number of aliphatic hydroxyl groups excluding tert-OH is 1. The van der Waals surface area contributed by atoms with Gasteiger partial charge in [0.2, 0.25) is 0 Å². The molecule has 40 heavy (non-hydrogen) atoms. The second-order valence-electron chi connectivity index (χ2n) is 9.06. The van der Waals surface area contributed by atoms with E-state index in [2.05, 4.69) is 4.98 Å². The lowest BCUT2D eigenvalue weighted by Crippen LogP contribution is -2.29. The van der Waals surface area contributed by atoms with Crippen LogP contribution in [0.1, 0.15) is 58.4 Å². The van der Waals surface area contributed by atoms with E-state index in [-0.39, 0.29) is 39.4 Å². The number of aromatic nitrogens is 1. The highest BCUT2D eigenvalue weighted by atomic mass is 32.1. The third kappa shape index (κ3) is 5.24. The quantitative estimate of drug-likeness (QED) is 0.158. The van der Waals surface area contributed by atoms with Crippen LogP contribution >= 0.6 is 11.3 Å². The number of nitrogens with zero attached hydrogens (tertiary/aromatic N) is 2. The summed E-state index contributed by atoms with van der Waals surface area (Å²) in [6.45, 7) is 7.89. The first-order valence-corrected chi connectivity index (χ1v) is 13.5. The maximum atomic E-state index is 13.5. The Morgan fingerprint density at radius 2 is 1.85 bits per heavy atom. The molecule has 11 heteroatoms. The number of hydrogen-bond acceptors (Lipinski definition) is 10. The first kappa shape index (κ1) is 28.6. The van der Waals surface area contributed by atoms with E-state index < -0.39 is 23.7 Å². The Kier molecular flexibility index (Phi) is 8.43. The van der Waals surface area contributed by atoms with E-state index in [0.29, 0.717) is 34.7 Å². The van der Waals surface area contributed by atoms with Crippen molar-refractivity contribution in [1.29, 1.82) is 0 Å². The van der Waals surface area contributed by atoms with Gasteiger partial charge in [0, 0.05) is 5.56 Å². The first-order chi connectivity index (χ1) is 19.1. The maximum Gasteiger partial charge on any atom is 0.350 e. The van der Waals surface area contributed by atoms with Gasteiger partial charge in [-0.3, -0.25) is 14.5 Å². The summed E-state index contributed by atoms with van der Waals surface area (Å²) >= 11 is 0.899. The number of ether oxygens (including phenoxy) is 3. The number of phenols is 1. The minimum atomic E-state index is -1.13. The number of aryl methyl sites for hydroxylation is 2. The predicted octanol–water partition coefficient (Wildman–Crippen LogP) is 5.07. The van der Waals surface area contributed by atoms with Gasteiger partial charge in [0.15, 0.2) is 16.6 Å². The highest BCUT2D eigenvalue weighted by molar-refractivity contribution is 7.17. The highest BCUT2D eigenvalue weighted by Gasteiger charge is 2.48. The Bertz CT molecular complexity index is 1510. The number of phenolic OH excluding ortho intramolecular Hbond substituents is 1. The summed E-state index contributed by atoms with van der Waals surface area (Å²) in [4.78, 5) is 45.0. The molecule has 0 bridgehead atoms. The Morgan fingerprint density at radius 3 is 2.50 bits per heavy atom. The van der Waals surface area contributed by atoms with E-state index in [0.717, 1.165) is 22.7 Å². The van der Waals surface area contributed by atoms with Crippen LogP contribution < -0.4 is 14.4 Å². The first-order valence-electron chi connectivity index (χ1n) is 12.7. The minimum absolute atomic E-state index is 0.0788. The van der Waals surface area contributed by atoms with Gasteiger partial charge in [-0.25, -0.2) is 9.78 Å². The largest absolute Gasteiger partial charge is 0.507 e. The van der Waals surface area contributed by atoms with E-state index in [4.69, 9.17) is 14.2 Å². The molecule has 1 atom stereocenters. The van der Waals surface area contributed by atoms with Crippen LogP contribution in [0.25, 0.3) is 5.76 Å². The number of hydrogen-bond donors (Lipinski definition) is 2. The fourth-order valence-corrected chi connectivity index (χ4v) is 5.45. The van der Waals surface area contributed by atoms with Crippen LogP contribution in [0.2, 0.25) is 0 Å². The van der Waals surface area contributed by atoms with Crippen molar-refractivity contribution in [3.05, 3.63) is 69.2 Å². The van der Waals surface area contributed by atoms with Gasteiger partial charge >= 0.3 is 11.9 Å². The molecule has 210 valence electrons. The molecule has 0 aliphatic carbocycles. The van der Waals surface area contributed by atoms with Gasteiger partial charge in [-0.15, -0.1) is 0 Å². The molecule has 2 heterocycles. The number of aromatic hydroxyl groups is 1. The average molecular weight is 567 g/mol. The summed E-state index contributed by atoms with van der Waals surface area (Å²) in [5, 5.41) is 21.9. The standard InChI is InChI=1S/C29H30N2O8S/c1-6-12-39-18-9-10-19(15(3)13-18)24(33)22-23(17-8-11-20(32)21(14-17)38-7-2)31(27(35)25(22)34)29-30-16(4)26(40-29)28(36)37-5/h8-11,13-14,23,32-33H,6-7,12H2,1-5H3. The molecule has 1 aliphatic heterocycles. The number of anilines is 1. The van der Waals surface area contributed by atoms with E-state index in [1.165, 1.54) is 25.3 Å². The number of thiazole rings is 1. The van der Waals surface area contributed by atoms with Gasteiger partial charge in [0.05, 0.1) is 37.6 Å². The van der Waals surface area contributed by atoms with Crippen molar-refractivity contribution in [2.24, 2.45) is 0 Å². The molecule has 2 aromatic carbocycles. The van der Waals surface area contributed by atoms with Crippen molar-refractivity contribution in [2.75, 3.05) is 25.2 Å². The Morgan fingerprint density at radius 1 is 1.10 bits per heavy atom. The molecule has 3 aromatic rings. The van der Waals surface area contributed by atoms with Crippen molar-refractivity contribution in [3.8, 4) is 17.2 Å². The van der Waals surface area contributed by atoms with Crippen molar-refractivity contribution in [1.82, 2.24) is 4.98 Å². The number of esters is 1. The lowest BCUT2D eigenvalue weighted by Gasteiger charge is -2.24. The molecular formula is C29H30N2O8S. The van der Waals surface area contributed by atoms with E-state index in [9.17, 15) is 24.6 Å². The Hall–Kier alpha value is -4.38. The van der Waals surface area contributed by atoms with Crippen LogP contribution in [0.4, 0.5) is 5.13 Å². The molecule has 1 aliphatic rings. The number of benzene rings is 2. The zero-order chi connectivity index (χ0) is 29.1. The van der Waals surface area contributed by atoms with Crippen LogP contribution in [-0.2, 0) is 14.3 Å². The van der Waals surface area contributed by atoms with Crippen LogP contribution in [0, 0.1) is 13.8 Å². The third-order valence-electron chi connectivity index (χ3n) is 6.33. The highest BCUT2D eigenvalue weighted by Crippen LogP contribution is 2.45. The van der Waals surface area contributed by atoms with Gasteiger partial charge in [-0.2, -0.15) is 0 Å². The van der Waals surface area contributed by atoms with Gasteiger partial charge in [-0.1, -0.05) is 24.3 Å². The molecule has 0 saturated carbocycles. The molecule has 1 unspecified atom stereocenters. The summed E-state index contributed by atoms with van der Waals surface area (Å²) in [5.74, 6) is -2.23. The second kappa shape index (κ2) is 11.8. The molecule has 1 amide bonds. The van der Waals surface area contributed by atoms with Crippen molar-refractivity contribution in [3.63, 3.8) is 0 Å². The molecule has 1 saturated heterocycles. The molecule has 0 radical (unpaired) electrons. The third-order valence-corrected chi connectivity index (χ3v) is 7.47. The maximum absolute atomic E-state index is 13.5. The summed E-state index contributed by atoms with van der Waals surface area (Å²) in [5.41, 5.74) is 1.52. The summed E-state index contributed by atoms with van der Waals surface area (Å²) in [7, 11) is 1.24. The number of carbonyl (C=O) groups is 3. The fraction of sp³-hybridized carbons (Fsp3) is 0.310. The number of Topliss-reactive ketones (excluding diaryl/α,β-unsaturated/α-hetero) is 1. The molecule has 0 spiro atoms. The second-order valence-corrected chi connectivity index (χ2v) is 10.0. The van der Waals surface area contributed by atoms with Gasteiger partial charge in [0.25, 0.3) is 5.78 Å². The predicted molar refractivity (Wildman–Crippen MR) is 149 cm³/mol. The van der Waals surface area contributed by atoms with E-state index >= 15 is 0 Å². The lowest BCUT2D eigenvalue weighted by molar-refractivity contribution is -0.132. The van der Waals surface area contributed by atoms with Crippen LogP contribution in [0.5, 0.6) is 17.2 Å². The lowest BCUT2D eigenvalue weighted by atomic mass is 9.93. The number of rotatable bonds is 9. The van der Waals surface area contributed by atoms with Crippen LogP contribution in [0.15, 0.2) is 42.0 Å². The number of methoxy groups -OCH3 is 1. The average Bonchev–Trinajstić information content (AvgIpc) is 3.44. The molecular weight excluding hydrogens is 536 g/mol. The molecule has 2 N–H and O–H groups in total. The molecule has 4 rings (SSSR count). The Labute approximate surface area is 235 Å². The normalized spacial score (nSPS) is 16.3. The molecule has 1 aromatic heterocycles. The zero-order valence-corrected chi connectivity index (χ0v) is 23.6. The monoisotopic (exact) mass is 566 g/mol. The molecule has 10 nitrogen and oxygen atoms in total. The summed E-state index contributed by atoms with van der Waals surface area (Å²) in [6, 6.07) is 8.35. The van der Waals surface area contributed by atoms with Gasteiger partial charge in [0.1, 0.15) is 16.4 Å². The summed E-state index contributed by atoms with van der Waals surface area (Å²) in [6.07, 6.45) is 0.828. The van der Waals surface area contributed by atoms with Crippen LogP contribution in [0.3, 0.4) is 0 Å². The topological polar surface area (TPSA) is 135 Å². The van der Waals surface area contributed by atoms with E-state index in [1.807, 2.05) is 6.92 Å². The number of ketones is 1. The zero-order valence-electron chi connectivity index (χ0n) is 22.8. The van der Waals surface area contributed by atoms with Crippen molar-refractivity contribution in [2.45, 2.75) is 40.2 Å². The smallest absolute Gasteiger partial charge is 0.350 e.